The largest absolute Gasteiger partial charge is 0.337 e. The van der Waals surface area contributed by atoms with Crippen molar-refractivity contribution in [2.45, 2.75) is 18.2 Å². The molecule has 0 spiro atoms. The quantitative estimate of drug-likeness (QED) is 0.567. The van der Waals surface area contributed by atoms with Gasteiger partial charge in [-0.25, -0.2) is 31.0 Å². The van der Waals surface area contributed by atoms with E-state index in [1.165, 1.54) is 0 Å². The third-order valence-electron chi connectivity index (χ3n) is 4.02. The lowest BCUT2D eigenvalue weighted by molar-refractivity contribution is 0.141. The molecule has 0 aliphatic heterocycles. The van der Waals surface area contributed by atoms with Gasteiger partial charge in [-0.05, 0) is 36.8 Å². The molecule has 3 rings (SSSR count). The highest BCUT2D eigenvalue weighted by Crippen LogP contribution is 2.35. The van der Waals surface area contributed by atoms with Gasteiger partial charge in [-0.2, -0.15) is 0 Å². The molecule has 28 heavy (non-hydrogen) atoms. The SMILES string of the molecule is Cc1cc(-c2[nH]c(C(F)F)nc2-c2cc(F)c(S(C)(=O)=O)c(F)c2)ccc1Cl. The number of hydrogen-bond acceptors (Lipinski definition) is 3. The highest BCUT2D eigenvalue weighted by atomic mass is 35.5. The van der Waals surface area contributed by atoms with Gasteiger partial charge in [0, 0.05) is 22.4 Å². The molecule has 0 aliphatic rings. The number of rotatable bonds is 4. The first-order valence-corrected chi connectivity index (χ1v) is 10.1. The van der Waals surface area contributed by atoms with Gasteiger partial charge in [-0.3, -0.25) is 0 Å². The van der Waals surface area contributed by atoms with Gasteiger partial charge in [0.1, 0.15) is 16.5 Å². The zero-order valence-corrected chi connectivity index (χ0v) is 16.1. The van der Waals surface area contributed by atoms with Crippen molar-refractivity contribution in [3.8, 4) is 22.5 Å². The summed E-state index contributed by atoms with van der Waals surface area (Å²) in [6.45, 7) is 1.70. The summed E-state index contributed by atoms with van der Waals surface area (Å²) in [4.78, 5) is 5.13. The smallest absolute Gasteiger partial charge is 0.295 e. The first kappa shape index (κ1) is 20.3. The minimum atomic E-state index is -4.16. The van der Waals surface area contributed by atoms with Gasteiger partial charge < -0.3 is 4.98 Å². The Hall–Kier alpha value is -2.39. The second-order valence-corrected chi connectivity index (χ2v) is 8.51. The van der Waals surface area contributed by atoms with Crippen molar-refractivity contribution in [3.63, 3.8) is 0 Å². The number of imidazole rings is 1. The first-order chi connectivity index (χ1) is 13.0. The number of aryl methyl sites for hydroxylation is 1. The predicted octanol–water partition coefficient (Wildman–Crippen LogP) is 5.32. The molecule has 0 saturated carbocycles. The molecule has 10 heteroatoms. The molecule has 0 fully saturated rings. The van der Waals surface area contributed by atoms with Gasteiger partial charge in [0.15, 0.2) is 15.7 Å². The minimum absolute atomic E-state index is 0.0981. The number of alkyl halides is 2. The zero-order chi connectivity index (χ0) is 20.8. The maximum Gasteiger partial charge on any atom is 0.295 e. The molecule has 0 saturated heterocycles. The summed E-state index contributed by atoms with van der Waals surface area (Å²) in [6.07, 6.45) is -2.29. The Morgan fingerprint density at radius 3 is 2.18 bits per heavy atom. The van der Waals surface area contributed by atoms with Gasteiger partial charge in [-0.15, -0.1) is 0 Å². The monoisotopic (exact) mass is 432 g/mol. The van der Waals surface area contributed by atoms with Crippen LogP contribution >= 0.6 is 11.6 Å². The van der Waals surface area contributed by atoms with Gasteiger partial charge in [0.05, 0.1) is 11.4 Å². The van der Waals surface area contributed by atoms with Crippen molar-refractivity contribution in [1.82, 2.24) is 9.97 Å². The van der Waals surface area contributed by atoms with E-state index in [-0.39, 0.29) is 17.0 Å². The van der Waals surface area contributed by atoms with Crippen LogP contribution in [0.4, 0.5) is 17.6 Å². The van der Waals surface area contributed by atoms with Crippen molar-refractivity contribution in [2.75, 3.05) is 6.26 Å². The number of aromatic nitrogens is 2. The standard InChI is InChI=1S/C18H13ClF4N2O2S/c1-8-5-9(3-4-11(8)19)14-15(25-18(24-14)17(22)23)10-6-12(20)16(13(21)7-10)28(2,26)27/h3-7,17H,1-2H3,(H,24,25). The summed E-state index contributed by atoms with van der Waals surface area (Å²) in [5.74, 6) is -3.36. The van der Waals surface area contributed by atoms with E-state index in [1.807, 2.05) is 0 Å². The van der Waals surface area contributed by atoms with E-state index in [9.17, 15) is 26.0 Å². The van der Waals surface area contributed by atoms with Crippen molar-refractivity contribution in [2.24, 2.45) is 0 Å². The number of benzene rings is 2. The Balaban J connectivity index is 2.26. The Morgan fingerprint density at radius 1 is 1.07 bits per heavy atom. The van der Waals surface area contributed by atoms with E-state index < -0.39 is 38.6 Å². The van der Waals surface area contributed by atoms with Gasteiger partial charge in [0.2, 0.25) is 0 Å². The third kappa shape index (κ3) is 3.77. The van der Waals surface area contributed by atoms with Gasteiger partial charge in [-0.1, -0.05) is 17.7 Å². The van der Waals surface area contributed by atoms with Crippen LogP contribution in [-0.4, -0.2) is 24.6 Å². The highest BCUT2D eigenvalue weighted by Gasteiger charge is 2.25. The van der Waals surface area contributed by atoms with Gasteiger partial charge >= 0.3 is 0 Å². The molecular weight excluding hydrogens is 420 g/mol. The lowest BCUT2D eigenvalue weighted by Crippen LogP contribution is -2.05. The topological polar surface area (TPSA) is 62.8 Å². The molecule has 0 atom stereocenters. The molecule has 0 radical (unpaired) electrons. The molecule has 4 nitrogen and oxygen atoms in total. The van der Waals surface area contributed by atoms with Crippen molar-refractivity contribution in [1.29, 1.82) is 0 Å². The van der Waals surface area contributed by atoms with Crippen LogP contribution < -0.4 is 0 Å². The van der Waals surface area contributed by atoms with Crippen LogP contribution in [0.3, 0.4) is 0 Å². The van der Waals surface area contributed by atoms with Crippen LogP contribution in [0.2, 0.25) is 5.02 Å². The molecule has 1 N–H and O–H groups in total. The van der Waals surface area contributed by atoms with Crippen molar-refractivity contribution >= 4 is 21.4 Å². The normalized spacial score (nSPS) is 12.0. The number of aromatic amines is 1. The van der Waals surface area contributed by atoms with Crippen LogP contribution in [0, 0.1) is 18.6 Å². The molecule has 0 amide bonds. The van der Waals surface area contributed by atoms with E-state index in [2.05, 4.69) is 9.97 Å². The summed E-state index contributed by atoms with van der Waals surface area (Å²) >= 11 is 5.98. The molecule has 0 aliphatic carbocycles. The van der Waals surface area contributed by atoms with Crippen molar-refractivity contribution < 1.29 is 26.0 Å². The number of sulfone groups is 1. The van der Waals surface area contributed by atoms with Crippen LogP contribution in [0.5, 0.6) is 0 Å². The summed E-state index contributed by atoms with van der Waals surface area (Å²) < 4.78 is 78.0. The molecule has 0 unspecified atom stereocenters. The van der Waals surface area contributed by atoms with E-state index in [4.69, 9.17) is 11.6 Å². The summed E-state index contributed by atoms with van der Waals surface area (Å²) in [5, 5.41) is 0.452. The van der Waals surface area contributed by atoms with Crippen LogP contribution in [0.25, 0.3) is 22.5 Å². The maximum atomic E-state index is 14.3. The molecule has 1 aromatic heterocycles. The Labute approximate surface area is 163 Å². The fourth-order valence-electron chi connectivity index (χ4n) is 2.76. The molecule has 3 aromatic rings. The van der Waals surface area contributed by atoms with E-state index in [1.54, 1.807) is 25.1 Å². The van der Waals surface area contributed by atoms with Crippen LogP contribution in [-0.2, 0) is 9.84 Å². The minimum Gasteiger partial charge on any atom is -0.337 e. The Bertz CT molecular complexity index is 1150. The number of nitrogens with zero attached hydrogens (tertiary/aromatic N) is 1. The summed E-state index contributed by atoms with van der Waals surface area (Å²) in [6, 6.07) is 6.19. The number of halogens is 5. The third-order valence-corrected chi connectivity index (χ3v) is 5.57. The van der Waals surface area contributed by atoms with E-state index >= 15 is 0 Å². The predicted molar refractivity (Wildman–Crippen MR) is 97.2 cm³/mol. The molecular formula is C18H13ClF4N2O2S. The zero-order valence-electron chi connectivity index (χ0n) is 14.5. The fourth-order valence-corrected chi connectivity index (χ4v) is 3.71. The number of hydrogen-bond donors (Lipinski definition) is 1. The lowest BCUT2D eigenvalue weighted by atomic mass is 10.0. The second kappa shape index (κ2) is 7.21. The fraction of sp³-hybridized carbons (Fsp3) is 0.167. The van der Waals surface area contributed by atoms with E-state index in [0.717, 1.165) is 12.1 Å². The number of H-pyrrole nitrogens is 1. The lowest BCUT2D eigenvalue weighted by Gasteiger charge is -2.08. The average Bonchev–Trinajstić information content (AvgIpc) is 3.01. The Kier molecular flexibility index (Phi) is 5.24. The highest BCUT2D eigenvalue weighted by molar-refractivity contribution is 7.90. The summed E-state index contributed by atoms with van der Waals surface area (Å²) in [7, 11) is -4.16. The summed E-state index contributed by atoms with van der Waals surface area (Å²) in [5.41, 5.74) is 0.844. The molecule has 148 valence electrons. The molecule has 0 bridgehead atoms. The molecule has 1 heterocycles. The van der Waals surface area contributed by atoms with Crippen LogP contribution in [0.1, 0.15) is 17.8 Å². The second-order valence-electron chi connectivity index (χ2n) is 6.15. The maximum absolute atomic E-state index is 14.3. The average molecular weight is 433 g/mol. The van der Waals surface area contributed by atoms with Crippen molar-refractivity contribution in [3.05, 3.63) is 58.4 Å². The number of nitrogens with one attached hydrogen (secondary N) is 1. The first-order valence-electron chi connectivity index (χ1n) is 7.83. The Morgan fingerprint density at radius 2 is 1.68 bits per heavy atom. The molecule has 2 aromatic carbocycles. The van der Waals surface area contributed by atoms with Crippen LogP contribution in [0.15, 0.2) is 35.2 Å². The van der Waals surface area contributed by atoms with E-state index in [0.29, 0.717) is 22.4 Å². The van der Waals surface area contributed by atoms with Gasteiger partial charge in [0.25, 0.3) is 6.43 Å².